The molecule has 4 rings (SSSR count). The lowest BCUT2D eigenvalue weighted by atomic mass is 9.79. The molecule has 0 aliphatic carbocycles. The zero-order valence-corrected chi connectivity index (χ0v) is 15.5. The van der Waals surface area contributed by atoms with Crippen molar-refractivity contribution in [1.82, 2.24) is 14.9 Å². The lowest BCUT2D eigenvalue weighted by molar-refractivity contribution is -0.132. The van der Waals surface area contributed by atoms with Crippen molar-refractivity contribution < 1.29 is 9.18 Å². The quantitative estimate of drug-likeness (QED) is 0.865. The number of aryl methyl sites for hydroxylation is 2. The molecule has 27 heavy (non-hydrogen) atoms. The first-order valence-corrected chi connectivity index (χ1v) is 8.77. The predicted octanol–water partition coefficient (Wildman–Crippen LogP) is 1.35. The molecular weight excluding hydrogens is 347 g/mol. The number of nitrogens with two attached hydrogens (primary N) is 1. The van der Waals surface area contributed by atoms with Gasteiger partial charge in [-0.25, -0.2) is 19.4 Å². The molecule has 0 spiro atoms. The Labute approximate surface area is 156 Å². The number of rotatable bonds is 2. The van der Waals surface area contributed by atoms with Gasteiger partial charge in [-0.3, -0.25) is 9.69 Å². The second-order valence-corrected chi connectivity index (χ2v) is 7.10. The summed E-state index contributed by atoms with van der Waals surface area (Å²) in [5.41, 5.74) is 6.73. The van der Waals surface area contributed by atoms with E-state index in [2.05, 4.69) is 9.97 Å². The average molecular weight is 368 g/mol. The Morgan fingerprint density at radius 2 is 1.81 bits per heavy atom. The summed E-state index contributed by atoms with van der Waals surface area (Å²) in [5, 5.41) is 0. The summed E-state index contributed by atoms with van der Waals surface area (Å²) in [6.07, 6.45) is 0. The number of carbonyl (C=O) groups is 1. The maximum absolute atomic E-state index is 14.0. The van der Waals surface area contributed by atoms with Gasteiger partial charge in [0.15, 0.2) is 11.8 Å². The van der Waals surface area contributed by atoms with E-state index < -0.39 is 17.3 Å². The Bertz CT molecular complexity index is 923. The Kier molecular flexibility index (Phi) is 3.87. The smallest absolute Gasteiger partial charge is 0.236 e. The molecule has 2 N–H and O–H groups in total. The normalized spacial score (nSPS) is 24.8. The summed E-state index contributed by atoms with van der Waals surface area (Å²) in [5.74, 6) is -0.336. The van der Waals surface area contributed by atoms with Crippen LogP contribution in [0.2, 0.25) is 0 Å². The van der Waals surface area contributed by atoms with Gasteiger partial charge in [-0.1, -0.05) is 30.3 Å². The van der Waals surface area contributed by atoms with Crippen LogP contribution in [0.25, 0.3) is 0 Å². The van der Waals surface area contributed by atoms with Crippen LogP contribution >= 0.6 is 0 Å². The van der Waals surface area contributed by atoms with E-state index in [-0.39, 0.29) is 23.3 Å². The maximum Gasteiger partial charge on any atom is 0.236 e. The summed E-state index contributed by atoms with van der Waals surface area (Å²) in [4.78, 5) is 29.6. The van der Waals surface area contributed by atoms with Crippen LogP contribution in [-0.4, -0.2) is 46.9 Å². The summed E-state index contributed by atoms with van der Waals surface area (Å²) >= 11 is 0. The van der Waals surface area contributed by atoms with E-state index in [1.54, 1.807) is 20.9 Å². The fraction of sp³-hybridized carbons (Fsp3) is 0.368. The molecule has 0 saturated carbocycles. The van der Waals surface area contributed by atoms with Crippen LogP contribution in [0.15, 0.2) is 35.3 Å². The van der Waals surface area contributed by atoms with Crippen molar-refractivity contribution in [3.8, 4) is 0 Å². The zero-order valence-electron chi connectivity index (χ0n) is 15.5. The monoisotopic (exact) mass is 368 g/mol. The highest BCUT2D eigenvalue weighted by atomic mass is 19.1. The van der Waals surface area contributed by atoms with Gasteiger partial charge < -0.3 is 10.6 Å². The van der Waals surface area contributed by atoms with Crippen LogP contribution in [0.1, 0.15) is 17.0 Å². The second kappa shape index (κ2) is 6.00. The molecule has 1 aromatic carbocycles. The molecule has 1 aromatic heterocycles. The van der Waals surface area contributed by atoms with Crippen LogP contribution in [0, 0.1) is 25.6 Å². The van der Waals surface area contributed by atoms with Crippen molar-refractivity contribution >= 4 is 17.8 Å². The van der Waals surface area contributed by atoms with E-state index in [9.17, 15) is 9.18 Å². The van der Waals surface area contributed by atoms with Gasteiger partial charge in [-0.15, -0.1) is 0 Å². The van der Waals surface area contributed by atoms with Crippen LogP contribution in [-0.2, 0) is 10.3 Å². The SMILES string of the molecule is Cc1nc(N2C[C@H]3C(=O)N(C)C(N)=N[C@@]3(c3ccccc3)C2)nc(C)c1F. The standard InChI is InChI=1S/C19H21FN6O/c1-11-15(20)12(2)23-18(22-11)26-9-14-16(27)25(3)17(21)24-19(14,10-26)13-7-5-4-6-8-13/h4-8,14H,9-10H2,1-3H3,(H2,21,24)/t14-,19+/m0/s1. The molecule has 0 unspecified atom stereocenters. The fourth-order valence-corrected chi connectivity index (χ4v) is 3.92. The third kappa shape index (κ3) is 2.55. The first-order chi connectivity index (χ1) is 12.8. The number of aromatic nitrogens is 2. The van der Waals surface area contributed by atoms with Gasteiger partial charge in [-0.2, -0.15) is 0 Å². The summed E-state index contributed by atoms with van der Waals surface area (Å²) in [6, 6.07) is 9.66. The molecule has 0 bridgehead atoms. The third-order valence-corrected chi connectivity index (χ3v) is 5.42. The van der Waals surface area contributed by atoms with Crippen molar-refractivity contribution in [3.63, 3.8) is 0 Å². The highest BCUT2D eigenvalue weighted by Gasteiger charge is 2.55. The number of anilines is 1. The van der Waals surface area contributed by atoms with Crippen molar-refractivity contribution in [2.24, 2.45) is 16.6 Å². The van der Waals surface area contributed by atoms with Gasteiger partial charge in [0, 0.05) is 13.6 Å². The highest BCUT2D eigenvalue weighted by Crippen LogP contribution is 2.44. The molecule has 2 aliphatic rings. The van der Waals surface area contributed by atoms with Gasteiger partial charge in [0.1, 0.15) is 5.54 Å². The third-order valence-electron chi connectivity index (χ3n) is 5.42. The lowest BCUT2D eigenvalue weighted by Crippen LogP contribution is -2.54. The summed E-state index contributed by atoms with van der Waals surface area (Å²) in [6.45, 7) is 4.00. The number of amides is 1. The summed E-state index contributed by atoms with van der Waals surface area (Å²) < 4.78 is 14.0. The van der Waals surface area contributed by atoms with Crippen LogP contribution in [0.4, 0.5) is 10.3 Å². The minimum atomic E-state index is -0.811. The molecule has 8 heteroatoms. The van der Waals surface area contributed by atoms with Gasteiger partial charge in [0.25, 0.3) is 0 Å². The number of guanidine groups is 1. The van der Waals surface area contributed by atoms with E-state index in [4.69, 9.17) is 10.7 Å². The molecule has 2 aliphatic heterocycles. The number of halogens is 1. The molecule has 1 saturated heterocycles. The molecule has 140 valence electrons. The Morgan fingerprint density at radius 3 is 2.44 bits per heavy atom. The maximum atomic E-state index is 14.0. The number of benzene rings is 1. The van der Waals surface area contributed by atoms with Crippen LogP contribution in [0.5, 0.6) is 0 Å². The molecule has 7 nitrogen and oxygen atoms in total. The van der Waals surface area contributed by atoms with Crippen molar-refractivity contribution in [2.75, 3.05) is 25.0 Å². The molecule has 0 radical (unpaired) electrons. The molecule has 2 atom stereocenters. The Balaban J connectivity index is 1.83. The first kappa shape index (κ1) is 17.4. The van der Waals surface area contributed by atoms with E-state index in [1.807, 2.05) is 35.2 Å². The number of hydrogen-bond donors (Lipinski definition) is 1. The minimum absolute atomic E-state index is 0.0931. The minimum Gasteiger partial charge on any atom is -0.369 e. The van der Waals surface area contributed by atoms with E-state index in [0.29, 0.717) is 19.0 Å². The average Bonchev–Trinajstić information content (AvgIpc) is 3.05. The highest BCUT2D eigenvalue weighted by molar-refractivity contribution is 6.01. The first-order valence-electron chi connectivity index (χ1n) is 8.77. The lowest BCUT2D eigenvalue weighted by Gasteiger charge is -2.37. The van der Waals surface area contributed by atoms with E-state index >= 15 is 0 Å². The zero-order chi connectivity index (χ0) is 19.3. The van der Waals surface area contributed by atoms with E-state index in [0.717, 1.165) is 5.56 Å². The number of carbonyl (C=O) groups excluding carboxylic acids is 1. The van der Waals surface area contributed by atoms with Crippen LogP contribution < -0.4 is 10.6 Å². The Morgan fingerprint density at radius 1 is 1.19 bits per heavy atom. The number of nitrogens with zero attached hydrogens (tertiary/aromatic N) is 5. The Hall–Kier alpha value is -3.03. The van der Waals surface area contributed by atoms with Crippen molar-refractivity contribution in [3.05, 3.63) is 53.1 Å². The summed E-state index contributed by atoms with van der Waals surface area (Å²) in [7, 11) is 1.63. The topological polar surface area (TPSA) is 87.7 Å². The van der Waals surface area contributed by atoms with Gasteiger partial charge in [-0.05, 0) is 19.4 Å². The molecule has 1 fully saturated rings. The number of fused-ring (bicyclic) bond motifs is 1. The fourth-order valence-electron chi connectivity index (χ4n) is 3.92. The second-order valence-electron chi connectivity index (χ2n) is 7.10. The molecular formula is C19H21FN6O. The van der Waals surface area contributed by atoms with Gasteiger partial charge in [0.2, 0.25) is 11.9 Å². The molecule has 2 aromatic rings. The van der Waals surface area contributed by atoms with Gasteiger partial charge in [0.05, 0.1) is 23.9 Å². The number of aliphatic imine (C=N–C) groups is 1. The van der Waals surface area contributed by atoms with Gasteiger partial charge >= 0.3 is 0 Å². The largest absolute Gasteiger partial charge is 0.369 e. The van der Waals surface area contributed by atoms with Crippen molar-refractivity contribution in [1.29, 1.82) is 0 Å². The molecule has 1 amide bonds. The van der Waals surface area contributed by atoms with Crippen molar-refractivity contribution in [2.45, 2.75) is 19.4 Å². The van der Waals surface area contributed by atoms with Crippen LogP contribution in [0.3, 0.4) is 0 Å². The van der Waals surface area contributed by atoms with E-state index in [1.165, 1.54) is 4.90 Å². The predicted molar refractivity (Wildman–Crippen MR) is 99.7 cm³/mol. The molecule has 3 heterocycles. The number of hydrogen-bond acceptors (Lipinski definition) is 6.